The Balaban J connectivity index is 2.14. The van der Waals surface area contributed by atoms with Gasteiger partial charge in [-0.3, -0.25) is 9.67 Å². The minimum atomic E-state index is -0.416. The number of hydrogen-bond donors (Lipinski definition) is 1. The standard InChI is InChI=1S/C12H17N3O/c1-2-4-10-9-12(16)11(5-7-13-10)15-8-3-6-14-15/h3-4,6-8,11-12,16H,2,5,9H2,1H3/b10-4+/t11?,12-/m1/s1. The lowest BCUT2D eigenvalue weighted by atomic mass is 10.0. The molecule has 0 aromatic carbocycles. The minimum Gasteiger partial charge on any atom is -0.390 e. The van der Waals surface area contributed by atoms with E-state index in [9.17, 15) is 5.11 Å². The summed E-state index contributed by atoms with van der Waals surface area (Å²) in [7, 11) is 0. The summed E-state index contributed by atoms with van der Waals surface area (Å²) >= 11 is 0. The fraction of sp³-hybridized carbons (Fsp3) is 0.500. The van der Waals surface area contributed by atoms with Crippen molar-refractivity contribution in [2.24, 2.45) is 4.99 Å². The van der Waals surface area contributed by atoms with Crippen LogP contribution >= 0.6 is 0 Å². The Kier molecular flexibility index (Phi) is 3.51. The molecule has 2 rings (SSSR count). The molecule has 2 atom stereocenters. The smallest absolute Gasteiger partial charge is 0.0831 e. The van der Waals surface area contributed by atoms with Crippen LogP contribution in [0.1, 0.15) is 32.2 Å². The number of allylic oxidation sites excluding steroid dienone is 1. The maximum absolute atomic E-state index is 10.1. The van der Waals surface area contributed by atoms with Crippen LogP contribution in [-0.2, 0) is 0 Å². The zero-order chi connectivity index (χ0) is 11.4. The van der Waals surface area contributed by atoms with Crippen LogP contribution in [0.15, 0.2) is 35.2 Å². The number of nitrogens with zero attached hydrogens (tertiary/aromatic N) is 3. The van der Waals surface area contributed by atoms with E-state index in [-0.39, 0.29) is 6.04 Å². The average molecular weight is 219 g/mol. The van der Waals surface area contributed by atoms with Crippen LogP contribution in [0.3, 0.4) is 0 Å². The topological polar surface area (TPSA) is 50.4 Å². The number of hydrogen-bond acceptors (Lipinski definition) is 3. The van der Waals surface area contributed by atoms with Gasteiger partial charge in [-0.1, -0.05) is 13.0 Å². The molecule has 0 radical (unpaired) electrons. The van der Waals surface area contributed by atoms with Gasteiger partial charge in [0.1, 0.15) is 0 Å². The van der Waals surface area contributed by atoms with Crippen molar-refractivity contribution in [3.8, 4) is 0 Å². The first-order valence-corrected chi connectivity index (χ1v) is 5.70. The van der Waals surface area contributed by atoms with Crippen molar-refractivity contribution in [3.05, 3.63) is 30.2 Å². The van der Waals surface area contributed by atoms with Gasteiger partial charge in [-0.25, -0.2) is 0 Å². The van der Waals surface area contributed by atoms with Gasteiger partial charge in [0.2, 0.25) is 0 Å². The van der Waals surface area contributed by atoms with Gasteiger partial charge in [0.05, 0.1) is 12.1 Å². The molecule has 0 aliphatic carbocycles. The van der Waals surface area contributed by atoms with Crippen molar-refractivity contribution in [2.75, 3.05) is 0 Å². The summed E-state index contributed by atoms with van der Waals surface area (Å²) in [4.78, 5) is 4.36. The largest absolute Gasteiger partial charge is 0.390 e. The van der Waals surface area contributed by atoms with Crippen molar-refractivity contribution in [1.29, 1.82) is 0 Å². The van der Waals surface area contributed by atoms with Crippen molar-refractivity contribution in [3.63, 3.8) is 0 Å². The number of aliphatic hydroxyl groups excluding tert-OH is 1. The molecule has 0 bridgehead atoms. The zero-order valence-electron chi connectivity index (χ0n) is 9.45. The molecule has 2 heterocycles. The highest BCUT2D eigenvalue weighted by Gasteiger charge is 2.23. The predicted octanol–water partition coefficient (Wildman–Crippen LogP) is 1.94. The number of aliphatic imine (C=N–C) groups is 1. The maximum Gasteiger partial charge on any atom is 0.0831 e. The fourth-order valence-electron chi connectivity index (χ4n) is 1.97. The average Bonchev–Trinajstić information content (AvgIpc) is 2.71. The second kappa shape index (κ2) is 5.07. The molecule has 16 heavy (non-hydrogen) atoms. The summed E-state index contributed by atoms with van der Waals surface area (Å²) in [6.07, 6.45) is 9.42. The van der Waals surface area contributed by atoms with E-state index in [0.717, 1.165) is 18.5 Å². The van der Waals surface area contributed by atoms with Crippen LogP contribution in [0.4, 0.5) is 0 Å². The summed E-state index contributed by atoms with van der Waals surface area (Å²) in [5.41, 5.74) is 0.977. The van der Waals surface area contributed by atoms with Crippen LogP contribution in [0.2, 0.25) is 0 Å². The van der Waals surface area contributed by atoms with Gasteiger partial charge in [0, 0.05) is 37.1 Å². The third kappa shape index (κ3) is 2.39. The lowest BCUT2D eigenvalue weighted by Gasteiger charge is -2.20. The van der Waals surface area contributed by atoms with Gasteiger partial charge in [-0.2, -0.15) is 5.10 Å². The van der Waals surface area contributed by atoms with E-state index >= 15 is 0 Å². The molecule has 1 aliphatic rings. The number of aliphatic hydroxyl groups is 1. The van der Waals surface area contributed by atoms with Crippen LogP contribution in [0.5, 0.6) is 0 Å². The Morgan fingerprint density at radius 2 is 2.50 bits per heavy atom. The Morgan fingerprint density at radius 3 is 3.19 bits per heavy atom. The van der Waals surface area contributed by atoms with Gasteiger partial charge < -0.3 is 5.11 Å². The molecule has 0 fully saturated rings. The molecule has 1 unspecified atom stereocenters. The van der Waals surface area contributed by atoms with Crippen LogP contribution in [0, 0.1) is 0 Å². The summed E-state index contributed by atoms with van der Waals surface area (Å²) in [5.74, 6) is 0. The summed E-state index contributed by atoms with van der Waals surface area (Å²) in [6.45, 7) is 2.07. The van der Waals surface area contributed by atoms with E-state index in [1.165, 1.54) is 0 Å². The van der Waals surface area contributed by atoms with Crippen LogP contribution in [0.25, 0.3) is 0 Å². The van der Waals surface area contributed by atoms with E-state index in [1.54, 1.807) is 6.20 Å². The molecule has 0 saturated carbocycles. The number of rotatable bonds is 2. The van der Waals surface area contributed by atoms with E-state index in [4.69, 9.17) is 0 Å². The van der Waals surface area contributed by atoms with Gasteiger partial charge >= 0.3 is 0 Å². The minimum absolute atomic E-state index is 0.00139. The first kappa shape index (κ1) is 11.1. The molecule has 4 nitrogen and oxygen atoms in total. The van der Waals surface area contributed by atoms with Gasteiger partial charge in [0.25, 0.3) is 0 Å². The molecule has 0 spiro atoms. The van der Waals surface area contributed by atoms with Crippen LogP contribution in [-0.4, -0.2) is 27.2 Å². The zero-order valence-corrected chi connectivity index (χ0v) is 9.45. The highest BCUT2D eigenvalue weighted by Crippen LogP contribution is 2.24. The maximum atomic E-state index is 10.1. The Morgan fingerprint density at radius 1 is 1.62 bits per heavy atom. The Hall–Kier alpha value is -1.42. The molecular formula is C12H17N3O. The molecule has 86 valence electrons. The second-order valence-corrected chi connectivity index (χ2v) is 3.98. The lowest BCUT2D eigenvalue weighted by Crippen LogP contribution is -2.24. The molecule has 1 aromatic heterocycles. The summed E-state index contributed by atoms with van der Waals surface area (Å²) in [6, 6.07) is 1.87. The van der Waals surface area contributed by atoms with Crippen molar-refractivity contribution >= 4 is 6.21 Å². The van der Waals surface area contributed by atoms with Crippen molar-refractivity contribution in [1.82, 2.24) is 9.78 Å². The molecule has 4 heteroatoms. The predicted molar refractivity (Wildman–Crippen MR) is 63.4 cm³/mol. The quantitative estimate of drug-likeness (QED) is 0.826. The monoisotopic (exact) mass is 219 g/mol. The Labute approximate surface area is 95.3 Å². The lowest BCUT2D eigenvalue weighted by molar-refractivity contribution is 0.111. The molecule has 1 aliphatic heterocycles. The highest BCUT2D eigenvalue weighted by molar-refractivity contribution is 5.60. The molecule has 1 N–H and O–H groups in total. The van der Waals surface area contributed by atoms with E-state index < -0.39 is 6.10 Å². The first-order valence-electron chi connectivity index (χ1n) is 5.70. The highest BCUT2D eigenvalue weighted by atomic mass is 16.3. The summed E-state index contributed by atoms with van der Waals surface area (Å²) < 4.78 is 1.81. The molecular weight excluding hydrogens is 202 g/mol. The van der Waals surface area contributed by atoms with Gasteiger partial charge in [-0.15, -0.1) is 0 Å². The third-order valence-corrected chi connectivity index (χ3v) is 2.77. The summed E-state index contributed by atoms with van der Waals surface area (Å²) in [5, 5.41) is 14.3. The van der Waals surface area contributed by atoms with E-state index in [2.05, 4.69) is 23.1 Å². The van der Waals surface area contributed by atoms with Crippen molar-refractivity contribution < 1.29 is 5.11 Å². The van der Waals surface area contributed by atoms with Gasteiger partial charge in [0.15, 0.2) is 0 Å². The molecule has 0 amide bonds. The molecule has 1 aromatic rings. The van der Waals surface area contributed by atoms with E-state index in [0.29, 0.717) is 6.42 Å². The van der Waals surface area contributed by atoms with E-state index in [1.807, 2.05) is 23.2 Å². The fourth-order valence-corrected chi connectivity index (χ4v) is 1.97. The second-order valence-electron chi connectivity index (χ2n) is 3.98. The van der Waals surface area contributed by atoms with Crippen molar-refractivity contribution in [2.45, 2.75) is 38.3 Å². The van der Waals surface area contributed by atoms with Gasteiger partial charge in [-0.05, 0) is 12.5 Å². The SMILES string of the molecule is CC/C=C1\C[C@@H](O)C(n2cccn2)CC=N1. The van der Waals surface area contributed by atoms with Crippen LogP contribution < -0.4 is 0 Å². The third-order valence-electron chi connectivity index (χ3n) is 2.77. The molecule has 0 saturated heterocycles. The first-order chi connectivity index (χ1) is 7.81. The number of aromatic nitrogens is 2. The normalized spacial score (nSPS) is 28.2. The Bertz CT molecular complexity index is 381.